The normalized spacial score (nSPS) is 11.8. The highest BCUT2D eigenvalue weighted by molar-refractivity contribution is 7.17. The monoisotopic (exact) mass is 465 g/mol. The van der Waals surface area contributed by atoms with Crippen LogP contribution in [0.25, 0.3) is 10.1 Å². The third kappa shape index (κ3) is 5.17. The van der Waals surface area contributed by atoms with Crippen LogP contribution in [-0.2, 0) is 4.79 Å². The second-order valence-electron chi connectivity index (χ2n) is 6.39. The van der Waals surface area contributed by atoms with E-state index in [0.717, 1.165) is 11.3 Å². The molecule has 3 rings (SSSR count). The fraction of sp³-hybridized carbons (Fsp3) is 0.190. The Morgan fingerprint density at radius 3 is 2.47 bits per heavy atom. The highest BCUT2D eigenvalue weighted by Gasteiger charge is 2.38. The maximum absolute atomic E-state index is 13.6. The standard InChI is InChI=1S/C21H18F3N3O4S/c1-30-15-8-7-12(9-16(15)31-2)20(29)25-10-18(28)26-27-19(21(22,23)24)14-11-32-17-6-4-3-5-13(14)17/h3-9,11H,10H2,1-2H3,(H,25,29)(H,26,28)/b27-19-. The van der Waals surface area contributed by atoms with Crippen LogP contribution in [0.2, 0.25) is 0 Å². The van der Waals surface area contributed by atoms with Gasteiger partial charge in [-0.3, -0.25) is 9.59 Å². The lowest BCUT2D eigenvalue weighted by Crippen LogP contribution is -2.36. The maximum atomic E-state index is 13.6. The lowest BCUT2D eigenvalue weighted by molar-refractivity contribution is -0.120. The number of nitrogens with one attached hydrogen (secondary N) is 2. The highest BCUT2D eigenvalue weighted by atomic mass is 32.1. The van der Waals surface area contributed by atoms with Gasteiger partial charge in [0.1, 0.15) is 0 Å². The minimum Gasteiger partial charge on any atom is -0.493 e. The van der Waals surface area contributed by atoms with Gasteiger partial charge in [-0.2, -0.15) is 18.3 Å². The number of benzene rings is 2. The van der Waals surface area contributed by atoms with Gasteiger partial charge in [0.2, 0.25) is 0 Å². The van der Waals surface area contributed by atoms with Crippen molar-refractivity contribution < 1.29 is 32.2 Å². The summed E-state index contributed by atoms with van der Waals surface area (Å²) in [6, 6.07) is 11.0. The number of nitrogens with zero attached hydrogens (tertiary/aromatic N) is 1. The summed E-state index contributed by atoms with van der Waals surface area (Å²) in [6.07, 6.45) is -4.79. The number of ether oxygens (including phenoxy) is 2. The Labute approximate surface area is 184 Å². The summed E-state index contributed by atoms with van der Waals surface area (Å²) < 4.78 is 51.5. The first-order chi connectivity index (χ1) is 15.2. The number of amides is 2. The summed E-state index contributed by atoms with van der Waals surface area (Å²) in [5, 5.41) is 7.33. The Hall–Kier alpha value is -3.60. The van der Waals surface area contributed by atoms with Crippen LogP contribution in [0.1, 0.15) is 15.9 Å². The van der Waals surface area contributed by atoms with Gasteiger partial charge in [0.15, 0.2) is 17.2 Å². The predicted molar refractivity (Wildman–Crippen MR) is 114 cm³/mol. The Kier molecular flexibility index (Phi) is 6.98. The zero-order valence-corrected chi connectivity index (χ0v) is 17.8. The molecule has 0 aliphatic heterocycles. The molecule has 2 amide bonds. The number of hydrogen-bond acceptors (Lipinski definition) is 6. The maximum Gasteiger partial charge on any atom is 0.435 e. The van der Waals surface area contributed by atoms with Crippen molar-refractivity contribution in [1.29, 1.82) is 0 Å². The van der Waals surface area contributed by atoms with Crippen molar-refractivity contribution in [1.82, 2.24) is 10.7 Å². The van der Waals surface area contributed by atoms with Gasteiger partial charge in [0.25, 0.3) is 11.8 Å². The number of hydrogen-bond donors (Lipinski definition) is 2. The van der Waals surface area contributed by atoms with Gasteiger partial charge in [-0.1, -0.05) is 18.2 Å². The van der Waals surface area contributed by atoms with E-state index in [1.807, 2.05) is 5.43 Å². The van der Waals surface area contributed by atoms with E-state index in [1.54, 1.807) is 24.3 Å². The van der Waals surface area contributed by atoms with Crippen molar-refractivity contribution in [2.45, 2.75) is 6.18 Å². The second kappa shape index (κ2) is 9.69. The molecule has 0 fully saturated rings. The molecule has 0 aliphatic carbocycles. The number of carbonyl (C=O) groups excluding carboxylic acids is 2. The summed E-state index contributed by atoms with van der Waals surface area (Å²) >= 11 is 1.14. The molecular formula is C21H18F3N3O4S. The molecule has 0 unspecified atom stereocenters. The molecular weight excluding hydrogens is 447 g/mol. The van der Waals surface area contributed by atoms with E-state index in [9.17, 15) is 22.8 Å². The molecule has 2 aromatic carbocycles. The first-order valence-electron chi connectivity index (χ1n) is 9.15. The van der Waals surface area contributed by atoms with E-state index in [2.05, 4.69) is 10.4 Å². The molecule has 168 valence electrons. The van der Waals surface area contributed by atoms with Crippen LogP contribution in [0, 0.1) is 0 Å². The van der Waals surface area contributed by atoms with Gasteiger partial charge in [0.05, 0.1) is 20.8 Å². The largest absolute Gasteiger partial charge is 0.493 e. The SMILES string of the molecule is COc1ccc(C(=O)NCC(=O)N/N=C(/c2csc3ccccc23)C(F)(F)F)cc1OC. The molecule has 0 radical (unpaired) electrons. The molecule has 0 aliphatic rings. The Bertz CT molecular complexity index is 1170. The summed E-state index contributed by atoms with van der Waals surface area (Å²) in [5.74, 6) is -0.811. The smallest absolute Gasteiger partial charge is 0.435 e. The zero-order chi connectivity index (χ0) is 23.3. The summed E-state index contributed by atoms with van der Waals surface area (Å²) in [4.78, 5) is 24.3. The predicted octanol–water partition coefficient (Wildman–Crippen LogP) is 3.73. The number of thiophene rings is 1. The van der Waals surface area contributed by atoms with Crippen LogP contribution in [0.4, 0.5) is 13.2 Å². The molecule has 3 aromatic rings. The van der Waals surface area contributed by atoms with Crippen LogP contribution in [0.5, 0.6) is 11.5 Å². The summed E-state index contributed by atoms with van der Waals surface area (Å²) in [6.45, 7) is -0.577. The molecule has 0 bridgehead atoms. The van der Waals surface area contributed by atoms with Crippen LogP contribution in [-0.4, -0.2) is 44.5 Å². The van der Waals surface area contributed by atoms with Gasteiger partial charge in [-0.15, -0.1) is 11.3 Å². The summed E-state index contributed by atoms with van der Waals surface area (Å²) in [5.41, 5.74) is 0.685. The van der Waals surface area contributed by atoms with Crippen LogP contribution in [0.3, 0.4) is 0 Å². The Morgan fingerprint density at radius 1 is 1.06 bits per heavy atom. The molecule has 11 heteroatoms. The number of alkyl halides is 3. The number of carbonyl (C=O) groups is 2. The van der Waals surface area contributed by atoms with Crippen molar-refractivity contribution in [2.24, 2.45) is 5.10 Å². The number of halogens is 3. The van der Waals surface area contributed by atoms with Gasteiger partial charge < -0.3 is 14.8 Å². The van der Waals surface area contributed by atoms with Gasteiger partial charge >= 0.3 is 6.18 Å². The summed E-state index contributed by atoms with van der Waals surface area (Å²) in [7, 11) is 2.84. The molecule has 1 heterocycles. The lowest BCUT2D eigenvalue weighted by atomic mass is 10.1. The molecule has 1 aromatic heterocycles. The second-order valence-corrected chi connectivity index (χ2v) is 7.30. The van der Waals surface area contributed by atoms with E-state index >= 15 is 0 Å². The molecule has 0 spiro atoms. The third-order valence-corrected chi connectivity index (χ3v) is 5.32. The van der Waals surface area contributed by atoms with E-state index in [0.29, 0.717) is 21.6 Å². The van der Waals surface area contributed by atoms with Gasteiger partial charge in [-0.05, 0) is 24.3 Å². The first kappa shape index (κ1) is 23.1. The average molecular weight is 465 g/mol. The number of methoxy groups -OCH3 is 2. The Morgan fingerprint density at radius 2 is 1.78 bits per heavy atom. The average Bonchev–Trinajstić information content (AvgIpc) is 3.20. The van der Waals surface area contributed by atoms with E-state index in [1.165, 1.54) is 37.8 Å². The minimum atomic E-state index is -4.79. The highest BCUT2D eigenvalue weighted by Crippen LogP contribution is 2.31. The fourth-order valence-electron chi connectivity index (χ4n) is 2.84. The van der Waals surface area contributed by atoms with E-state index < -0.39 is 30.2 Å². The Balaban J connectivity index is 1.69. The third-order valence-electron chi connectivity index (χ3n) is 4.35. The van der Waals surface area contributed by atoms with Crippen molar-refractivity contribution >= 4 is 38.9 Å². The topological polar surface area (TPSA) is 89.0 Å². The van der Waals surface area contributed by atoms with Crippen molar-refractivity contribution in [3.05, 3.63) is 59.0 Å². The first-order valence-corrected chi connectivity index (χ1v) is 10.0. The molecule has 2 N–H and O–H groups in total. The van der Waals surface area contributed by atoms with E-state index in [-0.39, 0.29) is 11.1 Å². The number of fused-ring (bicyclic) bond motifs is 1. The number of rotatable bonds is 7. The van der Waals surface area contributed by atoms with Crippen LogP contribution >= 0.6 is 11.3 Å². The molecule has 7 nitrogen and oxygen atoms in total. The van der Waals surface area contributed by atoms with Gasteiger partial charge in [0, 0.05) is 26.6 Å². The molecule has 32 heavy (non-hydrogen) atoms. The quantitative estimate of drug-likeness (QED) is 0.411. The zero-order valence-electron chi connectivity index (χ0n) is 16.9. The van der Waals surface area contributed by atoms with Crippen LogP contribution in [0.15, 0.2) is 52.9 Å². The lowest BCUT2D eigenvalue weighted by Gasteiger charge is -2.11. The van der Waals surface area contributed by atoms with Crippen molar-refractivity contribution in [2.75, 3.05) is 20.8 Å². The van der Waals surface area contributed by atoms with Crippen molar-refractivity contribution in [3.8, 4) is 11.5 Å². The van der Waals surface area contributed by atoms with E-state index in [4.69, 9.17) is 9.47 Å². The fourth-order valence-corrected chi connectivity index (χ4v) is 3.78. The minimum absolute atomic E-state index is 0.132. The molecule has 0 atom stereocenters. The van der Waals surface area contributed by atoms with Gasteiger partial charge in [-0.25, -0.2) is 5.43 Å². The number of hydrazone groups is 1. The molecule has 0 saturated carbocycles. The molecule has 0 saturated heterocycles. The van der Waals surface area contributed by atoms with Crippen LogP contribution < -0.4 is 20.2 Å². The van der Waals surface area contributed by atoms with Crippen molar-refractivity contribution in [3.63, 3.8) is 0 Å².